The number of aromatic amines is 1. The summed E-state index contributed by atoms with van der Waals surface area (Å²) >= 11 is 0. The summed E-state index contributed by atoms with van der Waals surface area (Å²) in [6.07, 6.45) is -3.21. The Balaban J connectivity index is 2.18. The molecule has 1 aromatic heterocycles. The highest BCUT2D eigenvalue weighted by Gasteiger charge is 2.46. The van der Waals surface area contributed by atoms with Crippen LogP contribution in [0.1, 0.15) is 47.8 Å². The van der Waals surface area contributed by atoms with E-state index in [0.717, 1.165) is 16.8 Å². The minimum atomic E-state index is -4.62. The Kier molecular flexibility index (Phi) is 10.6. The van der Waals surface area contributed by atoms with Crippen molar-refractivity contribution in [3.05, 3.63) is 43.5 Å². The van der Waals surface area contributed by atoms with Crippen molar-refractivity contribution in [3.8, 4) is 0 Å². The van der Waals surface area contributed by atoms with Crippen LogP contribution in [0.2, 0.25) is 0 Å². The number of aliphatic hydroxyl groups is 1. The number of aliphatic hydroxyl groups excluding tert-OH is 1. The van der Waals surface area contributed by atoms with Crippen LogP contribution in [0.25, 0.3) is 10.4 Å². The molecule has 0 aliphatic carbocycles. The number of hydrogen-bond acceptors (Lipinski definition) is 13. The van der Waals surface area contributed by atoms with Crippen molar-refractivity contribution in [1.82, 2.24) is 9.55 Å². The van der Waals surface area contributed by atoms with Gasteiger partial charge in [0.05, 0.1) is 23.5 Å². The Hall–Kier alpha value is -3.04. The van der Waals surface area contributed by atoms with Gasteiger partial charge in [-0.25, -0.2) is 18.4 Å². The summed E-state index contributed by atoms with van der Waals surface area (Å²) < 4.78 is 44.9. The van der Waals surface area contributed by atoms with E-state index in [2.05, 4.69) is 10.0 Å². The first kappa shape index (κ1) is 32.2. The SMILES string of the molecule is CC(C)(C)C(=O)OCOP(=O)(OCOC(=O)C(C)(C)C)OC[C@H]1O[C@@H](n2ccc(=O)[nH]c2=O)[C@H](N=[N+]=[N-])[C@@H]1O. The minimum absolute atomic E-state index is 0.686. The molecule has 2 N–H and O–H groups in total. The summed E-state index contributed by atoms with van der Waals surface area (Å²) in [5, 5.41) is 14.1. The van der Waals surface area contributed by atoms with E-state index < -0.39 is 86.5 Å². The zero-order chi connectivity index (χ0) is 29.6. The molecule has 0 aromatic carbocycles. The molecule has 2 rings (SSSR count). The van der Waals surface area contributed by atoms with Crippen molar-refractivity contribution in [2.75, 3.05) is 20.2 Å². The number of phosphoric acid groups is 1. The molecule has 39 heavy (non-hydrogen) atoms. The number of H-pyrrole nitrogens is 1. The van der Waals surface area contributed by atoms with Crippen LogP contribution in [-0.2, 0) is 41.9 Å². The lowest BCUT2D eigenvalue weighted by Crippen LogP contribution is -2.36. The first-order chi connectivity index (χ1) is 18.0. The highest BCUT2D eigenvalue weighted by atomic mass is 31.2. The summed E-state index contributed by atoms with van der Waals surface area (Å²) in [4.78, 5) is 52.3. The van der Waals surface area contributed by atoms with E-state index in [0.29, 0.717) is 0 Å². The van der Waals surface area contributed by atoms with E-state index in [1.54, 1.807) is 41.5 Å². The van der Waals surface area contributed by atoms with Gasteiger partial charge in [-0.05, 0) is 47.1 Å². The van der Waals surface area contributed by atoms with Crippen LogP contribution in [0.15, 0.2) is 27.0 Å². The smallest absolute Gasteiger partial charge is 0.437 e. The van der Waals surface area contributed by atoms with Crippen molar-refractivity contribution in [3.63, 3.8) is 0 Å². The minimum Gasteiger partial charge on any atom is -0.437 e. The van der Waals surface area contributed by atoms with Crippen LogP contribution in [0.5, 0.6) is 0 Å². The molecule has 1 saturated heterocycles. The number of ether oxygens (including phenoxy) is 3. The molecule has 2 heterocycles. The van der Waals surface area contributed by atoms with E-state index in [9.17, 15) is 28.8 Å². The second-order valence-electron chi connectivity index (χ2n) is 10.4. The largest absolute Gasteiger partial charge is 0.480 e. The van der Waals surface area contributed by atoms with Gasteiger partial charge in [-0.2, -0.15) is 0 Å². The van der Waals surface area contributed by atoms with Gasteiger partial charge < -0.3 is 19.3 Å². The van der Waals surface area contributed by atoms with Crippen LogP contribution < -0.4 is 11.2 Å². The Morgan fingerprint density at radius 3 is 2.10 bits per heavy atom. The number of rotatable bonds is 11. The van der Waals surface area contributed by atoms with E-state index >= 15 is 0 Å². The summed E-state index contributed by atoms with van der Waals surface area (Å²) in [7, 11) is -4.62. The third kappa shape index (κ3) is 9.00. The Morgan fingerprint density at radius 2 is 1.64 bits per heavy atom. The fraction of sp³-hybridized carbons (Fsp3) is 0.714. The van der Waals surface area contributed by atoms with Gasteiger partial charge in [0.1, 0.15) is 18.4 Å². The highest BCUT2D eigenvalue weighted by molar-refractivity contribution is 7.48. The van der Waals surface area contributed by atoms with Crippen molar-refractivity contribution >= 4 is 19.8 Å². The number of aromatic nitrogens is 2. The first-order valence-corrected chi connectivity index (χ1v) is 13.0. The molecule has 0 radical (unpaired) electrons. The monoisotopic (exact) mass is 577 g/mol. The third-order valence-corrected chi connectivity index (χ3v) is 6.38. The summed E-state index contributed by atoms with van der Waals surface area (Å²) in [5.74, 6) is -1.37. The molecule has 4 atom stereocenters. The molecule has 0 spiro atoms. The van der Waals surface area contributed by atoms with Crippen LogP contribution in [0.4, 0.5) is 0 Å². The van der Waals surface area contributed by atoms with Crippen LogP contribution >= 0.6 is 7.82 Å². The van der Waals surface area contributed by atoms with Crippen molar-refractivity contribution in [2.45, 2.75) is 66.0 Å². The van der Waals surface area contributed by atoms with Gasteiger partial charge in [-0.15, -0.1) is 0 Å². The molecule has 0 unspecified atom stereocenters. The number of phosphoric ester groups is 1. The van der Waals surface area contributed by atoms with E-state index in [-0.39, 0.29) is 0 Å². The van der Waals surface area contributed by atoms with Gasteiger partial charge in [0.25, 0.3) is 5.56 Å². The summed E-state index contributed by atoms with van der Waals surface area (Å²) in [5.41, 5.74) is 5.52. The first-order valence-electron chi connectivity index (χ1n) is 11.6. The summed E-state index contributed by atoms with van der Waals surface area (Å²) in [6.45, 7) is 7.07. The van der Waals surface area contributed by atoms with Crippen molar-refractivity contribution in [2.24, 2.45) is 15.9 Å². The molecule has 18 heteroatoms. The third-order valence-electron chi connectivity index (χ3n) is 5.07. The number of esters is 2. The number of nitrogens with zero attached hydrogens (tertiary/aromatic N) is 4. The number of carbonyl (C=O) groups is 2. The number of carbonyl (C=O) groups excluding carboxylic acids is 2. The normalized spacial score (nSPS) is 21.7. The number of nitrogens with one attached hydrogen (secondary N) is 1. The predicted octanol–water partition coefficient (Wildman–Crippen LogP) is 1.73. The molecule has 0 bridgehead atoms. The number of hydrogen-bond donors (Lipinski definition) is 2. The highest BCUT2D eigenvalue weighted by Crippen LogP contribution is 2.50. The van der Waals surface area contributed by atoms with Gasteiger partial charge in [0.2, 0.25) is 13.6 Å². The van der Waals surface area contributed by atoms with Gasteiger partial charge in [-0.3, -0.25) is 28.5 Å². The lowest BCUT2D eigenvalue weighted by atomic mass is 9.98. The van der Waals surface area contributed by atoms with Crippen LogP contribution in [0.3, 0.4) is 0 Å². The topological polar surface area (TPSA) is 230 Å². The lowest BCUT2D eigenvalue weighted by molar-refractivity contribution is -0.163. The van der Waals surface area contributed by atoms with Crippen LogP contribution in [-0.4, -0.2) is 65.0 Å². The molecule has 1 aromatic rings. The summed E-state index contributed by atoms with van der Waals surface area (Å²) in [6, 6.07) is -0.337. The lowest BCUT2D eigenvalue weighted by Gasteiger charge is -2.23. The van der Waals surface area contributed by atoms with Crippen LogP contribution in [0, 0.1) is 10.8 Å². The molecule has 0 saturated carbocycles. The van der Waals surface area contributed by atoms with E-state index in [1.807, 2.05) is 4.98 Å². The maximum absolute atomic E-state index is 13.2. The molecule has 1 fully saturated rings. The Labute approximate surface area is 222 Å². The average Bonchev–Trinajstić information content (AvgIpc) is 3.12. The van der Waals surface area contributed by atoms with Gasteiger partial charge in [0, 0.05) is 17.2 Å². The fourth-order valence-corrected chi connectivity index (χ4v) is 3.82. The average molecular weight is 577 g/mol. The van der Waals surface area contributed by atoms with Gasteiger partial charge in [0.15, 0.2) is 0 Å². The van der Waals surface area contributed by atoms with Crippen molar-refractivity contribution in [1.29, 1.82) is 0 Å². The molecule has 17 nitrogen and oxygen atoms in total. The van der Waals surface area contributed by atoms with E-state index in [4.69, 9.17) is 33.3 Å². The van der Waals surface area contributed by atoms with Crippen molar-refractivity contribution < 1.29 is 47.0 Å². The molecule has 1 aliphatic rings. The molecule has 218 valence electrons. The quantitative estimate of drug-likeness (QED) is 0.0956. The zero-order valence-electron chi connectivity index (χ0n) is 22.3. The predicted molar refractivity (Wildman–Crippen MR) is 131 cm³/mol. The standard InChI is InChI=1S/C21H32N5O12P/c1-20(2,3)17(29)33-10-36-39(32,37-11-34-18(30)21(4,5)6)35-9-12-15(28)14(24-25-22)16(38-12)26-8-7-13(27)23-19(26)31/h7-8,12,14-16,28H,9-11H2,1-6H3,(H,23,27,31)/t12-,14-,15-,16-/m1/s1. The number of azide groups is 1. The molecular weight excluding hydrogens is 545 g/mol. The Morgan fingerprint density at radius 1 is 1.10 bits per heavy atom. The molecule has 0 amide bonds. The second kappa shape index (κ2) is 12.9. The molecule has 1 aliphatic heterocycles. The molecular formula is C21H32N5O12P. The van der Waals surface area contributed by atoms with E-state index in [1.165, 1.54) is 0 Å². The zero-order valence-corrected chi connectivity index (χ0v) is 23.2. The maximum Gasteiger partial charge on any atom is 0.480 e. The van der Waals surface area contributed by atoms with Gasteiger partial charge in [-0.1, -0.05) is 5.11 Å². The second-order valence-corrected chi connectivity index (χ2v) is 12.0. The maximum atomic E-state index is 13.2. The van der Waals surface area contributed by atoms with Gasteiger partial charge >= 0.3 is 25.5 Å². The Bertz CT molecular complexity index is 1210. The fourth-order valence-electron chi connectivity index (χ4n) is 2.91.